The Morgan fingerprint density at radius 2 is 1.22 bits per heavy atom. The average Bonchev–Trinajstić information content (AvgIpc) is 3.98. The van der Waals surface area contributed by atoms with E-state index in [9.17, 15) is 0 Å². The first-order valence-corrected chi connectivity index (χ1v) is 20.2. The molecule has 0 fully saturated rings. The quantitative estimate of drug-likeness (QED) is 0.163. The van der Waals surface area contributed by atoms with Crippen LogP contribution >= 0.6 is 0 Å². The van der Waals surface area contributed by atoms with E-state index in [2.05, 4.69) is 187 Å². The summed E-state index contributed by atoms with van der Waals surface area (Å²) < 4.78 is 6.32. The topological polar surface area (TPSA) is 32.5 Å². The van der Waals surface area contributed by atoms with Crippen molar-refractivity contribution in [1.82, 2.24) is 4.98 Å². The molecule has 11 rings (SSSR count). The molecule has 0 saturated carbocycles. The third-order valence-corrected chi connectivity index (χ3v) is 12.2. The summed E-state index contributed by atoms with van der Waals surface area (Å²) in [5.74, 6) is 0.606. The monoisotopic (exact) mass is 747 g/mol. The second-order valence-corrected chi connectivity index (χ2v) is 15.9. The molecule has 1 aromatic heterocycles. The van der Waals surface area contributed by atoms with Crippen LogP contribution in [0.2, 0.25) is 0 Å². The Bertz CT molecular complexity index is 2950. The maximum Gasteiger partial charge on any atom is 0.227 e. The van der Waals surface area contributed by atoms with Gasteiger partial charge in [0, 0.05) is 45.8 Å². The molecular formula is C54H41N3O. The highest BCUT2D eigenvalue weighted by molar-refractivity contribution is 6.00. The predicted octanol–water partition coefficient (Wildman–Crippen LogP) is 14.3. The summed E-state index contributed by atoms with van der Waals surface area (Å²) >= 11 is 0. The molecule has 0 spiro atoms. The first kappa shape index (κ1) is 34.1. The summed E-state index contributed by atoms with van der Waals surface area (Å²) in [5, 5.41) is 0. The lowest BCUT2D eigenvalue weighted by atomic mass is 9.81. The largest absolute Gasteiger partial charge is 0.436 e. The zero-order valence-electron chi connectivity index (χ0n) is 32.6. The number of hydrogen-bond donors (Lipinski definition) is 0. The number of benzene rings is 8. The van der Waals surface area contributed by atoms with Crippen molar-refractivity contribution in [2.75, 3.05) is 16.3 Å². The number of aromatic nitrogens is 1. The number of oxazole rings is 1. The maximum atomic E-state index is 6.32. The van der Waals surface area contributed by atoms with E-state index in [1.54, 1.807) is 0 Å². The third-order valence-electron chi connectivity index (χ3n) is 12.2. The standard InChI is InChI=1S/C54H41N3O/c1-54(2)47-24-10-9-22-45(47)51-46(44-23-14-17-38-31-32-56(52(38)44)40-19-7-4-8-20-40)34-43(35-48(51)54)57(41-29-27-37(28-30-41)36-15-5-3-6-16-36)42-21-13-18-39(33-42)53-55-49-25-11-12-26-50(49)58-53/h3-30,33-35H,31-32H2,1-2H3. The van der Waals surface area contributed by atoms with Gasteiger partial charge in [-0.2, -0.15) is 0 Å². The van der Waals surface area contributed by atoms with Gasteiger partial charge < -0.3 is 14.2 Å². The van der Waals surface area contributed by atoms with Gasteiger partial charge in [0.1, 0.15) is 5.52 Å². The van der Waals surface area contributed by atoms with Crippen LogP contribution in [-0.2, 0) is 11.8 Å². The van der Waals surface area contributed by atoms with Gasteiger partial charge in [0.05, 0.1) is 5.69 Å². The summed E-state index contributed by atoms with van der Waals surface area (Å²) in [6, 6.07) is 67.7. The zero-order chi connectivity index (χ0) is 38.8. The highest BCUT2D eigenvalue weighted by Gasteiger charge is 2.39. The Morgan fingerprint density at radius 3 is 2.05 bits per heavy atom. The third kappa shape index (κ3) is 5.55. The molecule has 2 aliphatic rings. The van der Waals surface area contributed by atoms with Crippen LogP contribution in [0.1, 0.15) is 30.5 Å². The van der Waals surface area contributed by atoms with Gasteiger partial charge in [0.15, 0.2) is 5.58 Å². The summed E-state index contributed by atoms with van der Waals surface area (Å²) in [4.78, 5) is 9.81. The van der Waals surface area contributed by atoms with Gasteiger partial charge in [0.25, 0.3) is 0 Å². The zero-order valence-corrected chi connectivity index (χ0v) is 32.6. The van der Waals surface area contributed by atoms with E-state index in [-0.39, 0.29) is 5.41 Å². The Labute approximate surface area is 339 Å². The Balaban J connectivity index is 1.15. The van der Waals surface area contributed by atoms with Crippen molar-refractivity contribution >= 4 is 39.5 Å². The van der Waals surface area contributed by atoms with Gasteiger partial charge in [-0.15, -0.1) is 0 Å². The molecule has 4 nitrogen and oxygen atoms in total. The molecule has 2 heterocycles. The molecule has 4 heteroatoms. The Morgan fingerprint density at radius 1 is 0.534 bits per heavy atom. The second kappa shape index (κ2) is 13.5. The molecule has 8 aromatic carbocycles. The first-order chi connectivity index (χ1) is 28.5. The number of nitrogens with zero attached hydrogens (tertiary/aromatic N) is 3. The first-order valence-electron chi connectivity index (χ1n) is 20.2. The normalized spacial score (nSPS) is 13.7. The van der Waals surface area contributed by atoms with Crippen molar-refractivity contribution in [3.63, 3.8) is 0 Å². The number of fused-ring (bicyclic) bond motifs is 5. The summed E-state index contributed by atoms with van der Waals surface area (Å²) in [5.41, 5.74) is 19.6. The molecule has 58 heavy (non-hydrogen) atoms. The van der Waals surface area contributed by atoms with Crippen LogP contribution in [0, 0.1) is 0 Å². The Hall–Kier alpha value is -7.17. The number of hydrogen-bond acceptors (Lipinski definition) is 4. The smallest absolute Gasteiger partial charge is 0.227 e. The highest BCUT2D eigenvalue weighted by atomic mass is 16.3. The van der Waals surface area contributed by atoms with Crippen molar-refractivity contribution in [3.8, 4) is 44.8 Å². The molecule has 0 unspecified atom stereocenters. The summed E-state index contributed by atoms with van der Waals surface area (Å²) in [7, 11) is 0. The van der Waals surface area contributed by atoms with Crippen LogP contribution in [0.5, 0.6) is 0 Å². The van der Waals surface area contributed by atoms with E-state index < -0.39 is 0 Å². The fourth-order valence-electron chi connectivity index (χ4n) is 9.34. The van der Waals surface area contributed by atoms with Crippen LogP contribution in [0.4, 0.5) is 28.4 Å². The second-order valence-electron chi connectivity index (χ2n) is 15.9. The fraction of sp³-hybridized carbons (Fsp3) is 0.0926. The van der Waals surface area contributed by atoms with Crippen LogP contribution in [0.15, 0.2) is 192 Å². The minimum atomic E-state index is -0.226. The van der Waals surface area contributed by atoms with Crippen LogP contribution in [0.25, 0.3) is 55.9 Å². The van der Waals surface area contributed by atoms with Crippen LogP contribution in [0.3, 0.4) is 0 Å². The Kier molecular flexibility index (Phi) is 7.94. The molecule has 1 aliphatic carbocycles. The summed E-state index contributed by atoms with van der Waals surface area (Å²) in [6.45, 7) is 5.70. The molecule has 0 N–H and O–H groups in total. The highest BCUT2D eigenvalue weighted by Crippen LogP contribution is 2.56. The minimum absolute atomic E-state index is 0.226. The molecule has 9 aromatic rings. The fourth-order valence-corrected chi connectivity index (χ4v) is 9.34. The lowest BCUT2D eigenvalue weighted by Crippen LogP contribution is -2.17. The van der Waals surface area contributed by atoms with Gasteiger partial charge in [-0.25, -0.2) is 4.98 Å². The van der Waals surface area contributed by atoms with Gasteiger partial charge in [-0.05, 0) is 118 Å². The molecular weight excluding hydrogens is 707 g/mol. The summed E-state index contributed by atoms with van der Waals surface area (Å²) in [6.07, 6.45) is 1.00. The number of rotatable bonds is 7. The SMILES string of the molecule is CC1(C)c2ccccc2-c2c(-c3cccc4c3N(c3ccccc3)CC4)cc(N(c3ccc(-c4ccccc4)cc3)c3cccc(-c4nc5ccccc5o4)c3)cc21. The average molecular weight is 748 g/mol. The van der Waals surface area contributed by atoms with Gasteiger partial charge in [-0.1, -0.05) is 135 Å². The van der Waals surface area contributed by atoms with E-state index in [1.807, 2.05) is 24.3 Å². The van der Waals surface area contributed by atoms with Crippen molar-refractivity contribution in [2.24, 2.45) is 0 Å². The van der Waals surface area contributed by atoms with Crippen molar-refractivity contribution < 1.29 is 4.42 Å². The maximum absolute atomic E-state index is 6.32. The van der Waals surface area contributed by atoms with Gasteiger partial charge in [0.2, 0.25) is 5.89 Å². The molecule has 278 valence electrons. The van der Waals surface area contributed by atoms with E-state index in [4.69, 9.17) is 9.40 Å². The molecule has 0 atom stereocenters. The molecule has 0 bridgehead atoms. The van der Waals surface area contributed by atoms with E-state index in [0.717, 1.165) is 46.7 Å². The van der Waals surface area contributed by atoms with E-state index >= 15 is 0 Å². The van der Waals surface area contributed by atoms with Crippen LogP contribution < -0.4 is 9.80 Å². The van der Waals surface area contributed by atoms with Gasteiger partial charge >= 0.3 is 0 Å². The number of para-hydroxylation sites is 4. The van der Waals surface area contributed by atoms with E-state index in [0.29, 0.717) is 5.89 Å². The van der Waals surface area contributed by atoms with Crippen molar-refractivity contribution in [2.45, 2.75) is 25.7 Å². The lowest BCUT2D eigenvalue weighted by molar-refractivity contribution is 0.620. The van der Waals surface area contributed by atoms with Gasteiger partial charge in [-0.3, -0.25) is 0 Å². The molecule has 1 aliphatic heterocycles. The molecule has 0 saturated heterocycles. The van der Waals surface area contributed by atoms with Crippen molar-refractivity contribution in [1.29, 1.82) is 0 Å². The minimum Gasteiger partial charge on any atom is -0.436 e. The molecule has 0 radical (unpaired) electrons. The molecule has 0 amide bonds. The van der Waals surface area contributed by atoms with Crippen LogP contribution in [-0.4, -0.2) is 11.5 Å². The van der Waals surface area contributed by atoms with E-state index in [1.165, 1.54) is 61.4 Å². The number of anilines is 5. The lowest BCUT2D eigenvalue weighted by Gasteiger charge is -2.30. The predicted molar refractivity (Wildman–Crippen MR) is 240 cm³/mol. The van der Waals surface area contributed by atoms with Crippen molar-refractivity contribution in [3.05, 3.63) is 205 Å².